The van der Waals surface area contributed by atoms with Crippen LogP contribution in [0, 0.1) is 11.8 Å². The Morgan fingerprint density at radius 1 is 1.16 bits per heavy atom. The fourth-order valence-corrected chi connectivity index (χ4v) is 3.44. The average molecular weight is 258 g/mol. The molecule has 2 heteroatoms. The molecule has 2 saturated carbocycles. The highest BCUT2D eigenvalue weighted by Crippen LogP contribution is 2.42. The molecule has 2 nitrogen and oxygen atoms in total. The van der Waals surface area contributed by atoms with E-state index in [0.29, 0.717) is 5.92 Å². The van der Waals surface area contributed by atoms with E-state index in [1.165, 1.54) is 36.8 Å². The lowest BCUT2D eigenvalue weighted by Crippen LogP contribution is -2.00. The molecule has 3 rings (SSSR count). The smallest absolute Gasteiger partial charge is 0.306 e. The first kappa shape index (κ1) is 12.7. The summed E-state index contributed by atoms with van der Waals surface area (Å²) in [6.07, 6.45) is 8.40. The van der Waals surface area contributed by atoms with Crippen LogP contribution >= 0.6 is 0 Å². The molecule has 0 amide bonds. The Morgan fingerprint density at radius 2 is 1.84 bits per heavy atom. The molecule has 0 heterocycles. The molecule has 0 bridgehead atoms. The minimum atomic E-state index is -0.610. The van der Waals surface area contributed by atoms with Gasteiger partial charge in [0.25, 0.3) is 0 Å². The minimum Gasteiger partial charge on any atom is -0.481 e. The van der Waals surface area contributed by atoms with Crippen LogP contribution < -0.4 is 0 Å². The largest absolute Gasteiger partial charge is 0.481 e. The molecule has 102 valence electrons. The van der Waals surface area contributed by atoms with Crippen LogP contribution in [0.1, 0.15) is 55.6 Å². The summed E-state index contributed by atoms with van der Waals surface area (Å²) in [5.41, 5.74) is 2.86. The number of carboxylic acids is 1. The van der Waals surface area contributed by atoms with E-state index in [4.69, 9.17) is 5.11 Å². The second-order valence-electron chi connectivity index (χ2n) is 6.20. The van der Waals surface area contributed by atoms with Gasteiger partial charge in [-0.1, -0.05) is 37.1 Å². The number of carbonyl (C=O) groups is 1. The molecule has 2 aliphatic rings. The monoisotopic (exact) mass is 258 g/mol. The van der Waals surface area contributed by atoms with E-state index >= 15 is 0 Å². The van der Waals surface area contributed by atoms with E-state index in [0.717, 1.165) is 25.2 Å². The van der Waals surface area contributed by atoms with Crippen molar-refractivity contribution in [3.05, 3.63) is 35.4 Å². The predicted octanol–water partition coefficient (Wildman–Crippen LogP) is 4.00. The number of carboxylic acid groups (broad SMARTS) is 1. The molecular formula is C17H22O2. The lowest BCUT2D eigenvalue weighted by atomic mass is 9.95. The quantitative estimate of drug-likeness (QED) is 0.866. The van der Waals surface area contributed by atoms with Crippen LogP contribution in [0.2, 0.25) is 0 Å². The molecule has 0 spiro atoms. The second kappa shape index (κ2) is 5.36. The van der Waals surface area contributed by atoms with Gasteiger partial charge in [0.15, 0.2) is 0 Å². The van der Waals surface area contributed by atoms with Gasteiger partial charge in [-0.15, -0.1) is 0 Å². The third kappa shape index (κ3) is 2.99. The van der Waals surface area contributed by atoms with Crippen molar-refractivity contribution in [2.75, 3.05) is 0 Å². The van der Waals surface area contributed by atoms with Gasteiger partial charge in [0.2, 0.25) is 0 Å². The predicted molar refractivity (Wildman–Crippen MR) is 75.2 cm³/mol. The summed E-state index contributed by atoms with van der Waals surface area (Å²) >= 11 is 0. The maximum absolute atomic E-state index is 10.8. The molecule has 2 atom stereocenters. The Bertz CT molecular complexity index is 443. The van der Waals surface area contributed by atoms with E-state index in [2.05, 4.69) is 24.3 Å². The number of hydrogen-bond donors (Lipinski definition) is 1. The first-order chi connectivity index (χ1) is 9.24. The molecule has 0 unspecified atom stereocenters. The van der Waals surface area contributed by atoms with Crippen molar-refractivity contribution in [1.82, 2.24) is 0 Å². The highest BCUT2D eigenvalue weighted by Gasteiger charge is 2.42. The van der Waals surface area contributed by atoms with E-state index in [-0.39, 0.29) is 5.92 Å². The summed E-state index contributed by atoms with van der Waals surface area (Å²) in [6, 6.07) is 9.05. The van der Waals surface area contributed by atoms with E-state index in [1.54, 1.807) is 0 Å². The molecule has 2 fully saturated rings. The van der Waals surface area contributed by atoms with Crippen LogP contribution in [0.25, 0.3) is 0 Å². The Balaban J connectivity index is 1.50. The molecule has 0 saturated heterocycles. The zero-order valence-electron chi connectivity index (χ0n) is 11.3. The van der Waals surface area contributed by atoms with Gasteiger partial charge in [0.05, 0.1) is 5.92 Å². The van der Waals surface area contributed by atoms with Crippen molar-refractivity contribution in [2.24, 2.45) is 11.8 Å². The van der Waals surface area contributed by atoms with Crippen LogP contribution in [-0.2, 0) is 11.2 Å². The summed E-state index contributed by atoms with van der Waals surface area (Å²) in [7, 11) is 0. The average Bonchev–Trinajstić information content (AvgIpc) is 3.00. The summed E-state index contributed by atoms with van der Waals surface area (Å²) in [4.78, 5) is 10.8. The normalized spacial score (nSPS) is 26.5. The van der Waals surface area contributed by atoms with Crippen molar-refractivity contribution < 1.29 is 9.90 Å². The lowest BCUT2D eigenvalue weighted by Gasteiger charge is -2.10. The molecular weight excluding hydrogens is 236 g/mol. The number of hydrogen-bond acceptors (Lipinski definition) is 1. The van der Waals surface area contributed by atoms with Crippen molar-refractivity contribution in [3.8, 4) is 0 Å². The van der Waals surface area contributed by atoms with Crippen LogP contribution in [0.3, 0.4) is 0 Å². The SMILES string of the molecule is O=C(O)[C@@H]1C[C@H]1CCc1ccc(C2CCCC2)cc1. The van der Waals surface area contributed by atoms with Gasteiger partial charge >= 0.3 is 5.97 Å². The van der Waals surface area contributed by atoms with Gasteiger partial charge in [0, 0.05) is 0 Å². The van der Waals surface area contributed by atoms with Gasteiger partial charge in [-0.3, -0.25) is 4.79 Å². The van der Waals surface area contributed by atoms with Crippen LogP contribution in [0.15, 0.2) is 24.3 Å². The van der Waals surface area contributed by atoms with Crippen molar-refractivity contribution >= 4 is 5.97 Å². The topological polar surface area (TPSA) is 37.3 Å². The molecule has 0 aliphatic heterocycles. The Kier molecular flexibility index (Phi) is 3.58. The summed E-state index contributed by atoms with van der Waals surface area (Å²) in [5, 5.41) is 8.88. The van der Waals surface area contributed by atoms with Crippen LogP contribution in [0.5, 0.6) is 0 Å². The molecule has 1 aromatic carbocycles. The maximum Gasteiger partial charge on any atom is 0.306 e. The summed E-state index contributed by atoms with van der Waals surface area (Å²) in [6.45, 7) is 0. The molecule has 19 heavy (non-hydrogen) atoms. The third-order valence-corrected chi connectivity index (χ3v) is 4.85. The van der Waals surface area contributed by atoms with Gasteiger partial charge in [-0.2, -0.15) is 0 Å². The molecule has 1 aromatic rings. The standard InChI is InChI=1S/C17H22O2/c18-17(19)16-11-15(16)10-7-12-5-8-14(9-6-12)13-3-1-2-4-13/h5-6,8-9,13,15-16H,1-4,7,10-11H2,(H,18,19)/t15-,16-/m1/s1. The maximum atomic E-state index is 10.8. The van der Waals surface area contributed by atoms with Gasteiger partial charge < -0.3 is 5.11 Å². The van der Waals surface area contributed by atoms with Crippen LogP contribution in [-0.4, -0.2) is 11.1 Å². The van der Waals surface area contributed by atoms with Crippen LogP contribution in [0.4, 0.5) is 0 Å². The van der Waals surface area contributed by atoms with E-state index in [1.807, 2.05) is 0 Å². The highest BCUT2D eigenvalue weighted by atomic mass is 16.4. The van der Waals surface area contributed by atoms with Crippen molar-refractivity contribution in [1.29, 1.82) is 0 Å². The second-order valence-corrected chi connectivity index (χ2v) is 6.20. The zero-order valence-corrected chi connectivity index (χ0v) is 11.3. The van der Waals surface area contributed by atoms with Crippen molar-refractivity contribution in [2.45, 2.75) is 50.9 Å². The Labute approximate surface area is 114 Å². The molecule has 0 aromatic heterocycles. The zero-order chi connectivity index (χ0) is 13.2. The molecule has 0 radical (unpaired) electrons. The number of rotatable bonds is 5. The van der Waals surface area contributed by atoms with Gasteiger partial charge in [-0.25, -0.2) is 0 Å². The fourth-order valence-electron chi connectivity index (χ4n) is 3.44. The van der Waals surface area contributed by atoms with E-state index in [9.17, 15) is 4.79 Å². The first-order valence-electron chi connectivity index (χ1n) is 7.55. The first-order valence-corrected chi connectivity index (χ1v) is 7.55. The van der Waals surface area contributed by atoms with Crippen molar-refractivity contribution in [3.63, 3.8) is 0 Å². The summed E-state index contributed by atoms with van der Waals surface area (Å²) < 4.78 is 0. The van der Waals surface area contributed by atoms with Gasteiger partial charge in [0.1, 0.15) is 0 Å². The number of benzene rings is 1. The lowest BCUT2D eigenvalue weighted by molar-refractivity contribution is -0.138. The van der Waals surface area contributed by atoms with E-state index < -0.39 is 5.97 Å². The highest BCUT2D eigenvalue weighted by molar-refractivity contribution is 5.73. The third-order valence-electron chi connectivity index (χ3n) is 4.85. The minimum absolute atomic E-state index is 0.0576. The Hall–Kier alpha value is -1.31. The number of aliphatic carboxylic acids is 1. The Morgan fingerprint density at radius 3 is 2.42 bits per heavy atom. The summed E-state index contributed by atoms with van der Waals surface area (Å²) in [5.74, 6) is 0.542. The van der Waals surface area contributed by atoms with Gasteiger partial charge in [-0.05, 0) is 55.1 Å². The fraction of sp³-hybridized carbons (Fsp3) is 0.588. The number of aryl methyl sites for hydroxylation is 1. The molecule has 1 N–H and O–H groups in total. The molecule has 2 aliphatic carbocycles.